The molecule has 0 aliphatic carbocycles. The van der Waals surface area contributed by atoms with Crippen molar-refractivity contribution >= 4 is 34.4 Å². The lowest BCUT2D eigenvalue weighted by molar-refractivity contribution is -0.135. The molecule has 2 N–H and O–H groups in total. The van der Waals surface area contributed by atoms with Crippen LogP contribution in [0.3, 0.4) is 0 Å². The Kier molecular flexibility index (Phi) is 4.21. The summed E-state index contributed by atoms with van der Waals surface area (Å²) >= 11 is 1.44. The van der Waals surface area contributed by atoms with Gasteiger partial charge in [-0.15, -0.1) is 0 Å². The van der Waals surface area contributed by atoms with Crippen molar-refractivity contribution in [1.29, 1.82) is 0 Å². The summed E-state index contributed by atoms with van der Waals surface area (Å²) in [6.07, 6.45) is 0. The normalized spacial score (nSPS) is 13.9. The second-order valence-electron chi connectivity index (χ2n) is 4.21. The van der Waals surface area contributed by atoms with Crippen LogP contribution in [-0.4, -0.2) is 29.3 Å². The first-order chi connectivity index (χ1) is 9.08. The van der Waals surface area contributed by atoms with Crippen molar-refractivity contribution in [3.8, 4) is 0 Å². The van der Waals surface area contributed by atoms with E-state index in [2.05, 4.69) is 15.6 Å². The van der Waals surface area contributed by atoms with Gasteiger partial charge in [-0.25, -0.2) is 0 Å². The molecule has 0 aromatic heterocycles. The molecule has 1 heterocycles. The largest absolute Gasteiger partial charge is 0.317 e. The van der Waals surface area contributed by atoms with Crippen molar-refractivity contribution in [2.75, 3.05) is 17.6 Å². The molecule has 0 saturated carbocycles. The summed E-state index contributed by atoms with van der Waals surface area (Å²) in [4.78, 5) is 27.6. The fourth-order valence-corrected chi connectivity index (χ4v) is 2.47. The zero-order valence-electron chi connectivity index (χ0n) is 10.8. The summed E-state index contributed by atoms with van der Waals surface area (Å²) in [5.74, 6) is -0.517. The molecule has 1 aromatic carbocycles. The van der Waals surface area contributed by atoms with Gasteiger partial charge in [0.2, 0.25) is 0 Å². The summed E-state index contributed by atoms with van der Waals surface area (Å²) in [6.45, 7) is 4.45. The van der Waals surface area contributed by atoms with E-state index in [0.717, 1.165) is 16.9 Å². The van der Waals surface area contributed by atoms with Crippen molar-refractivity contribution in [3.63, 3.8) is 0 Å². The minimum Gasteiger partial charge on any atom is -0.317 e. The third-order valence-corrected chi connectivity index (χ3v) is 3.62. The van der Waals surface area contributed by atoms with Crippen molar-refractivity contribution in [3.05, 3.63) is 29.3 Å². The van der Waals surface area contributed by atoms with E-state index in [-0.39, 0.29) is 0 Å². The van der Waals surface area contributed by atoms with Gasteiger partial charge in [0, 0.05) is 11.4 Å². The highest BCUT2D eigenvalue weighted by Gasteiger charge is 2.19. The Morgan fingerprint density at radius 2 is 1.79 bits per heavy atom. The quantitative estimate of drug-likeness (QED) is 0.763. The fraction of sp³-hybridized carbons (Fsp3) is 0.308. The Bertz CT molecular complexity index is 535. The maximum atomic E-state index is 11.8. The van der Waals surface area contributed by atoms with Gasteiger partial charge >= 0.3 is 11.8 Å². The Morgan fingerprint density at radius 3 is 2.37 bits per heavy atom. The van der Waals surface area contributed by atoms with Crippen LogP contribution in [0, 0.1) is 13.8 Å². The number of nitrogens with zero attached hydrogens (tertiary/aromatic N) is 1. The summed E-state index contributed by atoms with van der Waals surface area (Å²) in [7, 11) is 0. The lowest BCUT2D eigenvalue weighted by atomic mass is 10.1. The standard InChI is InChI=1S/C13H15N3O2S/c1-8-4-3-5-9(2)10(8)15-11(17)12(18)16-13-14-6-7-19-13/h3-5H,6-7H2,1-2H3,(H,15,17)(H,14,16,18). The number of amidine groups is 1. The highest BCUT2D eigenvalue weighted by molar-refractivity contribution is 8.14. The first kappa shape index (κ1) is 13.6. The van der Waals surface area contributed by atoms with Gasteiger partial charge < -0.3 is 5.32 Å². The average Bonchev–Trinajstić information content (AvgIpc) is 2.86. The number of anilines is 1. The summed E-state index contributed by atoms with van der Waals surface area (Å²) in [5, 5.41) is 5.65. The molecule has 0 bridgehead atoms. The van der Waals surface area contributed by atoms with Crippen molar-refractivity contribution in [2.45, 2.75) is 13.8 Å². The topological polar surface area (TPSA) is 70.6 Å². The van der Waals surface area contributed by atoms with Gasteiger partial charge in [-0.3, -0.25) is 19.9 Å². The van der Waals surface area contributed by atoms with E-state index in [1.54, 1.807) is 0 Å². The van der Waals surface area contributed by atoms with Gasteiger partial charge in [-0.05, 0) is 25.0 Å². The molecular weight excluding hydrogens is 262 g/mol. The number of amides is 2. The van der Waals surface area contributed by atoms with Gasteiger partial charge in [0.25, 0.3) is 0 Å². The van der Waals surface area contributed by atoms with Crippen molar-refractivity contribution in [1.82, 2.24) is 5.32 Å². The molecule has 1 aliphatic rings. The number of para-hydroxylation sites is 1. The second kappa shape index (κ2) is 5.88. The highest BCUT2D eigenvalue weighted by atomic mass is 32.2. The van der Waals surface area contributed by atoms with Crippen LogP contribution in [0.4, 0.5) is 5.69 Å². The average molecular weight is 277 g/mol. The Morgan fingerprint density at radius 1 is 1.16 bits per heavy atom. The van der Waals surface area contributed by atoms with Gasteiger partial charge in [-0.1, -0.05) is 30.0 Å². The summed E-state index contributed by atoms with van der Waals surface area (Å²) in [5.41, 5.74) is 2.53. The fourth-order valence-electron chi connectivity index (χ4n) is 1.75. The van der Waals surface area contributed by atoms with Crippen LogP contribution in [0.15, 0.2) is 23.2 Å². The Hall–Kier alpha value is -1.82. The maximum Gasteiger partial charge on any atom is 0.315 e. The van der Waals surface area contributed by atoms with Crippen LogP contribution in [0.25, 0.3) is 0 Å². The van der Waals surface area contributed by atoms with Gasteiger partial charge in [0.05, 0.1) is 6.54 Å². The van der Waals surface area contributed by atoms with Crippen molar-refractivity contribution in [2.24, 2.45) is 4.99 Å². The van der Waals surface area contributed by atoms with E-state index >= 15 is 0 Å². The molecule has 2 amide bonds. The monoisotopic (exact) mass is 277 g/mol. The number of carbonyl (C=O) groups excluding carboxylic acids is 2. The number of carbonyl (C=O) groups is 2. The molecule has 0 atom stereocenters. The molecule has 5 nitrogen and oxygen atoms in total. The van der Waals surface area contributed by atoms with Crippen LogP contribution in [0.2, 0.25) is 0 Å². The van der Waals surface area contributed by atoms with E-state index < -0.39 is 11.8 Å². The molecule has 0 radical (unpaired) electrons. The lowest BCUT2D eigenvalue weighted by Gasteiger charge is -2.11. The number of benzene rings is 1. The SMILES string of the molecule is Cc1cccc(C)c1NC(=O)C(=O)NC1=NCCS1. The lowest BCUT2D eigenvalue weighted by Crippen LogP contribution is -2.37. The molecule has 0 saturated heterocycles. The zero-order valence-corrected chi connectivity index (χ0v) is 11.6. The highest BCUT2D eigenvalue weighted by Crippen LogP contribution is 2.19. The zero-order chi connectivity index (χ0) is 13.8. The number of aliphatic imine (C=N–C) groups is 1. The predicted molar refractivity (Wildman–Crippen MR) is 77.4 cm³/mol. The van der Waals surface area contributed by atoms with E-state index in [9.17, 15) is 9.59 Å². The van der Waals surface area contributed by atoms with E-state index in [1.165, 1.54) is 11.8 Å². The molecule has 1 aromatic rings. The summed E-state index contributed by atoms with van der Waals surface area (Å²) in [6, 6.07) is 5.68. The van der Waals surface area contributed by atoms with Crippen molar-refractivity contribution < 1.29 is 9.59 Å². The minimum absolute atomic E-state index is 0.515. The first-order valence-corrected chi connectivity index (χ1v) is 6.92. The molecule has 100 valence electrons. The number of aryl methyl sites for hydroxylation is 2. The van der Waals surface area contributed by atoms with Crippen LogP contribution < -0.4 is 10.6 Å². The molecule has 2 rings (SSSR count). The number of hydrogen-bond donors (Lipinski definition) is 2. The second-order valence-corrected chi connectivity index (χ2v) is 5.29. The predicted octanol–water partition coefficient (Wildman–Crippen LogP) is 1.46. The number of rotatable bonds is 1. The molecule has 0 unspecified atom stereocenters. The molecule has 1 aliphatic heterocycles. The molecule has 0 fully saturated rings. The third kappa shape index (κ3) is 3.35. The van der Waals surface area contributed by atoms with Gasteiger partial charge in [0.1, 0.15) is 0 Å². The first-order valence-electron chi connectivity index (χ1n) is 5.93. The van der Waals surface area contributed by atoms with E-state index in [0.29, 0.717) is 17.4 Å². The third-order valence-electron chi connectivity index (χ3n) is 2.73. The molecule has 19 heavy (non-hydrogen) atoms. The van der Waals surface area contributed by atoms with Crippen LogP contribution in [-0.2, 0) is 9.59 Å². The van der Waals surface area contributed by atoms with Gasteiger partial charge in [-0.2, -0.15) is 0 Å². The van der Waals surface area contributed by atoms with Crippen LogP contribution >= 0.6 is 11.8 Å². The minimum atomic E-state index is -0.684. The summed E-state index contributed by atoms with van der Waals surface area (Å²) < 4.78 is 0. The van der Waals surface area contributed by atoms with E-state index in [4.69, 9.17) is 0 Å². The number of thioether (sulfide) groups is 1. The molecule has 0 spiro atoms. The van der Waals surface area contributed by atoms with Crippen LogP contribution in [0.5, 0.6) is 0 Å². The Balaban J connectivity index is 2.02. The molecule has 6 heteroatoms. The maximum absolute atomic E-state index is 11.8. The van der Waals surface area contributed by atoms with Crippen LogP contribution in [0.1, 0.15) is 11.1 Å². The number of nitrogens with one attached hydrogen (secondary N) is 2. The molecular formula is C13H15N3O2S. The number of hydrogen-bond acceptors (Lipinski definition) is 4. The smallest absolute Gasteiger partial charge is 0.315 e. The Labute approximate surface area is 115 Å². The van der Waals surface area contributed by atoms with E-state index in [1.807, 2.05) is 32.0 Å². The van der Waals surface area contributed by atoms with Gasteiger partial charge in [0.15, 0.2) is 5.17 Å².